The first-order valence-electron chi connectivity index (χ1n) is 11.9. The molecule has 0 unspecified atom stereocenters. The molecule has 0 fully saturated rings. The Morgan fingerprint density at radius 3 is 2.41 bits per heavy atom. The van der Waals surface area contributed by atoms with Crippen LogP contribution in [0.2, 0.25) is 0 Å². The number of carboxylic acids is 1. The van der Waals surface area contributed by atoms with Gasteiger partial charge in [0, 0.05) is 17.5 Å². The predicted molar refractivity (Wildman–Crippen MR) is 99.3 cm³/mol. The summed E-state index contributed by atoms with van der Waals surface area (Å²) in [6.07, 6.45) is -14.5. The second kappa shape index (κ2) is 11.1. The number of hydrogen-bond donors (Lipinski definition) is 3. The van der Waals surface area contributed by atoms with Crippen LogP contribution in [-0.2, 0) is 20.9 Å². The first kappa shape index (κ1) is 12.6. The minimum absolute atomic E-state index is 0.321. The molecule has 0 aliphatic carbocycles. The smallest absolute Gasteiger partial charge is 0.408 e. The van der Waals surface area contributed by atoms with Gasteiger partial charge in [0.15, 0.2) is 0 Å². The van der Waals surface area contributed by atoms with Gasteiger partial charge in [-0.05, 0) is 45.5 Å². The van der Waals surface area contributed by atoms with E-state index < -0.39 is 55.4 Å². The Morgan fingerprint density at radius 2 is 1.81 bits per heavy atom. The van der Waals surface area contributed by atoms with E-state index in [1.165, 1.54) is 26.1 Å². The van der Waals surface area contributed by atoms with Crippen molar-refractivity contribution in [1.82, 2.24) is 10.6 Å². The van der Waals surface area contributed by atoms with Gasteiger partial charge in [-0.2, -0.15) is 0 Å². The number of nitrogens with one attached hydrogen (secondary N) is 2. The maximum Gasteiger partial charge on any atom is 0.408 e. The summed E-state index contributed by atoms with van der Waals surface area (Å²) in [5, 5.41) is 12.6. The zero-order valence-electron chi connectivity index (χ0n) is 23.2. The van der Waals surface area contributed by atoms with Crippen LogP contribution in [0.15, 0.2) is 30.3 Å². The Balaban J connectivity index is 3.15. The van der Waals surface area contributed by atoms with Crippen LogP contribution in [0, 0.1) is 0 Å². The van der Waals surface area contributed by atoms with E-state index in [4.69, 9.17) is 20.4 Å². The van der Waals surface area contributed by atoms with Crippen molar-refractivity contribution in [3.63, 3.8) is 0 Å². The Bertz CT molecular complexity index is 922. The molecule has 0 saturated carbocycles. The van der Waals surface area contributed by atoms with Crippen molar-refractivity contribution in [3.8, 4) is 0 Å². The third-order valence-corrected chi connectivity index (χ3v) is 2.63. The fourth-order valence-electron chi connectivity index (χ4n) is 1.57. The highest BCUT2D eigenvalue weighted by Gasteiger charge is 2.20. The molecule has 150 valence electrons. The van der Waals surface area contributed by atoms with Crippen molar-refractivity contribution in [1.29, 1.82) is 0 Å². The number of carbonyl (C=O) groups excluding carboxylic acids is 2. The molecule has 0 saturated heterocycles. The topological polar surface area (TPSA) is 114 Å². The van der Waals surface area contributed by atoms with Crippen LogP contribution in [-0.4, -0.2) is 41.4 Å². The molecule has 0 radical (unpaired) electrons. The van der Waals surface area contributed by atoms with Gasteiger partial charge >= 0.3 is 18.2 Å². The third-order valence-electron chi connectivity index (χ3n) is 2.63. The highest BCUT2D eigenvalue weighted by molar-refractivity contribution is 5.79. The van der Waals surface area contributed by atoms with Gasteiger partial charge in [-0.3, -0.25) is 0 Å². The lowest BCUT2D eigenvalue weighted by Crippen LogP contribution is -2.41. The summed E-state index contributed by atoms with van der Waals surface area (Å²) in [5.74, 6) is -2.08. The molecule has 8 heteroatoms. The van der Waals surface area contributed by atoms with Crippen LogP contribution in [0.5, 0.6) is 0 Å². The molecule has 0 heterocycles. The van der Waals surface area contributed by atoms with E-state index >= 15 is 0 Å². The number of alkyl carbamates (subject to hydrolysis) is 2. The maximum atomic E-state index is 12.1. The third kappa shape index (κ3) is 10.7. The monoisotopic (exact) mass is 388 g/mol. The molecule has 2 amide bonds. The van der Waals surface area contributed by atoms with E-state index in [9.17, 15) is 19.5 Å². The average Bonchev–Trinajstić information content (AvgIpc) is 2.68. The molecule has 0 aliphatic rings. The quantitative estimate of drug-likeness (QED) is 0.599. The first-order valence-corrected chi connectivity index (χ1v) is 7.87. The Kier molecular flexibility index (Phi) is 5.15. The van der Waals surface area contributed by atoms with Crippen LogP contribution in [0.4, 0.5) is 9.59 Å². The summed E-state index contributed by atoms with van der Waals surface area (Å²) in [5.41, 5.74) is -0.593. The van der Waals surface area contributed by atoms with Gasteiger partial charge in [0.1, 0.15) is 18.2 Å². The van der Waals surface area contributed by atoms with Gasteiger partial charge in [0.25, 0.3) is 0 Å². The molecule has 0 aliphatic heterocycles. The van der Waals surface area contributed by atoms with Gasteiger partial charge in [0.05, 0.1) is 0 Å². The molecule has 1 atom stereocenters. The minimum Gasteiger partial charge on any atom is -0.480 e. The van der Waals surface area contributed by atoms with Crippen LogP contribution < -0.4 is 10.6 Å². The van der Waals surface area contributed by atoms with E-state index in [-0.39, 0.29) is 6.61 Å². The lowest BCUT2D eigenvalue weighted by molar-refractivity contribution is -0.139. The highest BCUT2D eigenvalue weighted by Crippen LogP contribution is 2.07. The summed E-state index contributed by atoms with van der Waals surface area (Å²) in [4.78, 5) is 35.8. The zero-order chi connectivity index (χ0) is 27.5. The van der Waals surface area contributed by atoms with E-state index in [0.717, 1.165) is 0 Å². The van der Waals surface area contributed by atoms with Crippen molar-refractivity contribution >= 4 is 18.2 Å². The Labute approximate surface area is 170 Å². The van der Waals surface area contributed by atoms with Gasteiger partial charge in [-0.15, -0.1) is 0 Å². The highest BCUT2D eigenvalue weighted by atomic mass is 16.6. The lowest BCUT2D eigenvalue weighted by Gasteiger charge is -2.19. The molecule has 0 aromatic heterocycles. The fourth-order valence-corrected chi connectivity index (χ4v) is 1.57. The van der Waals surface area contributed by atoms with Crippen LogP contribution >= 0.6 is 0 Å². The van der Waals surface area contributed by atoms with Crippen LogP contribution in [0.3, 0.4) is 0 Å². The SMILES string of the molecule is [2H]C([2H])(NC(=O)OC(C)(C)C)C([2H])([2H])C([2H])([2H])C([2H])([2H])[C@H](NC(=O)OCc1ccccc1)C(=O)O. The summed E-state index contributed by atoms with van der Waals surface area (Å²) >= 11 is 0. The van der Waals surface area contributed by atoms with Gasteiger partial charge in [-0.1, -0.05) is 30.3 Å². The van der Waals surface area contributed by atoms with Crippen molar-refractivity contribution < 1.29 is 39.9 Å². The molecular weight excluding hydrogens is 352 g/mol. The number of aliphatic carboxylic acids is 1. The summed E-state index contributed by atoms with van der Waals surface area (Å²) in [7, 11) is 0. The number of hydrogen-bond acceptors (Lipinski definition) is 5. The van der Waals surface area contributed by atoms with Crippen molar-refractivity contribution in [3.05, 3.63) is 35.9 Å². The van der Waals surface area contributed by atoms with Gasteiger partial charge < -0.3 is 25.2 Å². The number of amides is 2. The molecular formula is C19H28N2O6. The zero-order valence-corrected chi connectivity index (χ0v) is 15.2. The van der Waals surface area contributed by atoms with E-state index in [2.05, 4.69) is 0 Å². The average molecular weight is 388 g/mol. The predicted octanol–water partition coefficient (Wildman–Crippen LogP) is 3.06. The summed E-state index contributed by atoms with van der Waals surface area (Å²) in [6, 6.07) is 5.47. The number of benzene rings is 1. The van der Waals surface area contributed by atoms with Crippen LogP contribution in [0.1, 0.15) is 56.4 Å². The molecule has 8 nitrogen and oxygen atoms in total. The largest absolute Gasteiger partial charge is 0.480 e. The van der Waals surface area contributed by atoms with E-state index in [1.54, 1.807) is 35.6 Å². The Morgan fingerprint density at radius 1 is 1.15 bits per heavy atom. The normalized spacial score (nSPS) is 18.5. The number of carboxylic acid groups (broad SMARTS) is 1. The van der Waals surface area contributed by atoms with Crippen molar-refractivity contribution in [2.24, 2.45) is 0 Å². The maximum absolute atomic E-state index is 12.1. The summed E-state index contributed by atoms with van der Waals surface area (Å²) < 4.78 is 73.6. The second-order valence-electron chi connectivity index (χ2n) is 6.12. The van der Waals surface area contributed by atoms with Crippen molar-refractivity contribution in [2.45, 2.75) is 58.1 Å². The van der Waals surface area contributed by atoms with Crippen molar-refractivity contribution in [2.75, 3.05) is 6.50 Å². The molecule has 3 N–H and O–H groups in total. The van der Waals surface area contributed by atoms with Gasteiger partial charge in [0.2, 0.25) is 0 Å². The van der Waals surface area contributed by atoms with Crippen LogP contribution in [0.25, 0.3) is 0 Å². The number of rotatable bonds is 9. The van der Waals surface area contributed by atoms with Gasteiger partial charge in [-0.25, -0.2) is 14.4 Å². The lowest BCUT2D eigenvalue weighted by atomic mass is 10.1. The second-order valence-corrected chi connectivity index (χ2v) is 6.12. The molecule has 1 rings (SSSR count). The molecule has 0 spiro atoms. The molecule has 1 aromatic rings. The standard InChI is InChI=1S/C19H28N2O6/c1-19(2,3)27-17(24)20-12-8-7-11-15(16(22)23)21-18(25)26-13-14-9-5-4-6-10-14/h4-6,9-10,15H,7-8,11-13H2,1-3H3,(H,20,24)(H,21,25)(H,22,23)/t15-/m0/s1/i7D2,8D2,11D2,12D2. The first-order chi connectivity index (χ1) is 15.7. The van der Waals surface area contributed by atoms with E-state index in [1.807, 2.05) is 0 Å². The summed E-state index contributed by atoms with van der Waals surface area (Å²) in [6.45, 7) is 0.416. The number of carbonyl (C=O) groups is 3. The molecule has 27 heavy (non-hydrogen) atoms. The van der Waals surface area contributed by atoms with E-state index in [0.29, 0.717) is 5.56 Å². The molecule has 1 aromatic carbocycles. The fraction of sp³-hybridized carbons (Fsp3) is 0.526. The Hall–Kier alpha value is -2.77. The minimum atomic E-state index is -3.94. The number of ether oxygens (including phenoxy) is 2. The molecule has 0 bridgehead atoms.